The number of quaternary nitrogens is 1. The molecule has 354 valence electrons. The van der Waals surface area contributed by atoms with E-state index in [0.29, 0.717) is 78.1 Å². The van der Waals surface area contributed by atoms with Crippen LogP contribution in [0.5, 0.6) is 5.75 Å². The predicted molar refractivity (Wildman–Crippen MR) is 252 cm³/mol. The Morgan fingerprint density at radius 3 is 2.35 bits per heavy atom. The molecular formula is C50H66BF2N6O7+. The molecule has 0 saturated carbocycles. The largest absolute Gasteiger partial charge is 0.737 e. The van der Waals surface area contributed by atoms with Gasteiger partial charge in [-0.25, -0.2) is 4.79 Å². The van der Waals surface area contributed by atoms with Gasteiger partial charge in [-0.15, -0.1) is 5.06 Å². The first-order valence-corrected chi connectivity index (χ1v) is 23.5. The number of hydrogen-bond acceptors (Lipinski definition) is 7. The van der Waals surface area contributed by atoms with Gasteiger partial charge < -0.3 is 42.0 Å². The first-order valence-electron chi connectivity index (χ1n) is 23.5. The van der Waals surface area contributed by atoms with E-state index in [1.165, 1.54) is 8.96 Å². The molecule has 13 nitrogen and oxygen atoms in total. The normalized spacial score (nSPS) is 16.1. The molecule has 16 heteroatoms. The number of H-pyrrole nitrogens is 1. The molecule has 0 aliphatic carbocycles. The van der Waals surface area contributed by atoms with Crippen molar-refractivity contribution in [1.29, 1.82) is 0 Å². The van der Waals surface area contributed by atoms with Crippen molar-refractivity contribution >= 4 is 60.4 Å². The van der Waals surface area contributed by atoms with Crippen LogP contribution in [-0.4, -0.2) is 106 Å². The van der Waals surface area contributed by atoms with Crippen LogP contribution in [0.15, 0.2) is 59.8 Å². The van der Waals surface area contributed by atoms with E-state index < -0.39 is 30.7 Å². The van der Waals surface area contributed by atoms with E-state index in [1.54, 1.807) is 6.08 Å². The van der Waals surface area contributed by atoms with Crippen molar-refractivity contribution in [3.05, 3.63) is 93.7 Å². The van der Waals surface area contributed by atoms with Crippen LogP contribution in [0.2, 0.25) is 0 Å². The van der Waals surface area contributed by atoms with E-state index in [0.717, 1.165) is 65.5 Å². The number of halogens is 2. The van der Waals surface area contributed by atoms with Gasteiger partial charge in [-0.2, -0.15) is 0 Å². The van der Waals surface area contributed by atoms with Crippen molar-refractivity contribution in [2.45, 2.75) is 111 Å². The average Bonchev–Trinajstić information content (AvgIpc) is 4.04. The fourth-order valence-corrected chi connectivity index (χ4v) is 8.67. The Labute approximate surface area is 387 Å². The summed E-state index contributed by atoms with van der Waals surface area (Å²) in [7, 11) is 6.34. The number of nitrogens with zero attached hydrogens (tertiary/aromatic N) is 4. The third-order valence-electron chi connectivity index (χ3n) is 12.2. The fraction of sp³-hybridized carbons (Fsp3) is 0.480. The number of ether oxygens (including phenoxy) is 1. The topological polar surface area (TPSA) is 143 Å². The molecule has 1 saturated heterocycles. The van der Waals surface area contributed by atoms with Gasteiger partial charge in [0.05, 0.1) is 34.3 Å². The fourth-order valence-electron chi connectivity index (χ4n) is 8.67. The Balaban J connectivity index is 0.989. The minimum Gasteiger partial charge on any atom is -0.494 e. The van der Waals surface area contributed by atoms with E-state index in [4.69, 9.17) is 9.57 Å². The summed E-state index contributed by atoms with van der Waals surface area (Å²) < 4.78 is 43.0. The number of carbonyl (C=O) groups is 5. The number of amides is 3. The van der Waals surface area contributed by atoms with Crippen molar-refractivity contribution in [3.63, 3.8) is 0 Å². The number of hydroxylamine groups is 2. The molecule has 3 aliphatic rings. The smallest absolute Gasteiger partial charge is 0.494 e. The van der Waals surface area contributed by atoms with Crippen LogP contribution < -0.4 is 10.1 Å². The summed E-state index contributed by atoms with van der Waals surface area (Å²) >= 11 is 0. The Morgan fingerprint density at radius 1 is 0.924 bits per heavy atom. The first kappa shape index (κ1) is 49.5. The molecule has 2 aromatic heterocycles. The lowest BCUT2D eigenvalue weighted by Crippen LogP contribution is -2.51. The second-order valence-electron chi connectivity index (χ2n) is 18.8. The maximum absolute atomic E-state index is 16.9. The lowest BCUT2D eigenvalue weighted by molar-refractivity contribution is -0.870. The molecule has 3 amide bonds. The molecule has 66 heavy (non-hydrogen) atoms. The summed E-state index contributed by atoms with van der Waals surface area (Å²) in [5.41, 5.74) is 6.06. The molecule has 3 aromatic rings. The molecule has 1 aromatic carbocycles. The van der Waals surface area contributed by atoms with Crippen LogP contribution in [0.25, 0.3) is 18.2 Å². The first-order chi connectivity index (χ1) is 31.4. The molecule has 1 atom stereocenters. The molecule has 2 N–H and O–H groups in total. The molecule has 0 bridgehead atoms. The van der Waals surface area contributed by atoms with Gasteiger partial charge in [0, 0.05) is 79.4 Å². The quantitative estimate of drug-likeness (QED) is 0.0377. The predicted octanol–water partition coefficient (Wildman–Crippen LogP) is 8.32. The number of unbranched alkanes of at least 4 members (excludes halogenated alkanes) is 3. The van der Waals surface area contributed by atoms with Gasteiger partial charge in [-0.05, 0) is 113 Å². The van der Waals surface area contributed by atoms with Gasteiger partial charge in [0.25, 0.3) is 11.8 Å². The third kappa shape index (κ3) is 12.7. The van der Waals surface area contributed by atoms with Crippen molar-refractivity contribution in [2.75, 3.05) is 40.8 Å². The van der Waals surface area contributed by atoms with Gasteiger partial charge in [0.1, 0.15) is 17.2 Å². The molecule has 1 fully saturated rings. The molecular weight excluding hydrogens is 845 g/mol. The number of carbonyl (C=O) groups excluding carboxylic acids is 5. The van der Waals surface area contributed by atoms with E-state index in [-0.39, 0.29) is 43.8 Å². The second-order valence-corrected chi connectivity index (χ2v) is 18.8. The summed E-state index contributed by atoms with van der Waals surface area (Å²) in [4.78, 5) is 70.1. The number of aromatic nitrogens is 2. The van der Waals surface area contributed by atoms with Crippen molar-refractivity contribution < 1.29 is 51.1 Å². The van der Waals surface area contributed by atoms with Crippen LogP contribution in [0, 0.1) is 19.8 Å². The minimum atomic E-state index is -4.23. The van der Waals surface area contributed by atoms with Crippen LogP contribution in [0.3, 0.4) is 0 Å². The standard InChI is InChI=1S/C50H65BF2N6O7/c1-7-8-14-38-33-46(43-25-18-36(3)55-43)57-45(38)34-44-35(2)31-40(56(44)51(57,52)53)22-19-37-20-23-42(24-21-37)65-30-13-16-41(60)32-39(15-10-12-29-59(4,5)6)50(64)54-28-11-9-17-49(63)66-58-47(61)26-27-48(58)62/h18-25,31,33-34,39,55H,7-17,26-30,32H2,1-6H3/p+1/b22-19+. The number of aromatic amines is 1. The summed E-state index contributed by atoms with van der Waals surface area (Å²) in [6, 6.07) is 12.9. The average molecular weight is 912 g/mol. The van der Waals surface area contributed by atoms with Crippen LogP contribution >= 0.6 is 0 Å². The van der Waals surface area contributed by atoms with E-state index in [2.05, 4.69) is 38.4 Å². The zero-order valence-corrected chi connectivity index (χ0v) is 39.4. The Kier molecular flexibility index (Phi) is 16.6. The van der Waals surface area contributed by atoms with Gasteiger partial charge in [-0.1, -0.05) is 31.6 Å². The highest BCUT2D eigenvalue weighted by molar-refractivity contribution is 6.58. The van der Waals surface area contributed by atoms with Crippen molar-refractivity contribution in [1.82, 2.24) is 19.8 Å². The number of aryl methyl sites for hydroxylation is 2. The van der Waals surface area contributed by atoms with Gasteiger partial charge >= 0.3 is 12.9 Å². The number of ketones is 1. The highest BCUT2D eigenvalue weighted by atomic mass is 19.2. The Morgan fingerprint density at radius 2 is 1.67 bits per heavy atom. The van der Waals surface area contributed by atoms with Gasteiger partial charge in [0.2, 0.25) is 5.91 Å². The molecule has 1 unspecified atom stereocenters. The highest BCUT2D eigenvalue weighted by Gasteiger charge is 2.54. The number of allylic oxidation sites excluding steroid dienone is 2. The molecule has 5 heterocycles. The molecule has 6 rings (SSSR count). The monoisotopic (exact) mass is 912 g/mol. The van der Waals surface area contributed by atoms with Gasteiger partial charge in [-0.3, -0.25) is 19.2 Å². The minimum absolute atomic E-state index is 0.00511. The lowest BCUT2D eigenvalue weighted by atomic mass is 9.88. The van der Waals surface area contributed by atoms with E-state index in [9.17, 15) is 24.0 Å². The number of imide groups is 1. The lowest BCUT2D eigenvalue weighted by Gasteiger charge is -2.31. The number of fused-ring (bicyclic) bond motifs is 2. The molecule has 0 radical (unpaired) electrons. The Bertz CT molecular complexity index is 2390. The number of rotatable bonds is 25. The number of benzene rings is 1. The maximum Gasteiger partial charge on any atom is 0.737 e. The van der Waals surface area contributed by atoms with Crippen molar-refractivity contribution in [2.24, 2.45) is 5.92 Å². The zero-order valence-electron chi connectivity index (χ0n) is 39.4. The maximum atomic E-state index is 16.9. The van der Waals surface area contributed by atoms with Gasteiger partial charge in [0.15, 0.2) is 11.4 Å². The number of nitrogens with one attached hydrogen (secondary N) is 2. The summed E-state index contributed by atoms with van der Waals surface area (Å²) in [5.74, 6) is -1.81. The van der Waals surface area contributed by atoms with Crippen molar-refractivity contribution in [3.8, 4) is 5.75 Å². The summed E-state index contributed by atoms with van der Waals surface area (Å²) in [6.07, 6.45) is 14.1. The summed E-state index contributed by atoms with van der Waals surface area (Å²) in [6.45, 7) is 3.23. The SMILES string of the molecule is CCCCC1=CC(c2ccc(C)[nH]2)=[N+]2C1=Cc1c(C)cc(/C=C/c3ccc(OCCCC(=O)CC(CCCC[N+](C)(C)C)C(=O)NCCCCC(=O)ON4C(=O)CCC4=O)cc3)n1[B-]2(F)F. The third-order valence-corrected chi connectivity index (χ3v) is 12.2. The molecule has 0 spiro atoms. The van der Waals surface area contributed by atoms with Crippen LogP contribution in [-0.2, 0) is 28.8 Å². The number of Topliss-reactive ketones (excluding diaryl/α,β-unsaturated/α-hetero) is 1. The van der Waals surface area contributed by atoms with E-state index >= 15 is 8.63 Å². The van der Waals surface area contributed by atoms with Crippen LogP contribution in [0.1, 0.15) is 131 Å². The second kappa shape index (κ2) is 22.1. The Hall–Kier alpha value is -5.90. The zero-order chi connectivity index (χ0) is 47.6. The van der Waals surface area contributed by atoms with Crippen LogP contribution in [0.4, 0.5) is 8.63 Å². The number of hydrogen-bond donors (Lipinski definition) is 2. The summed E-state index contributed by atoms with van der Waals surface area (Å²) in [5, 5.41) is 3.45. The molecule has 3 aliphatic heterocycles. The van der Waals surface area contributed by atoms with E-state index in [1.807, 2.05) is 74.5 Å². The highest BCUT2D eigenvalue weighted by Crippen LogP contribution is 2.40.